The first-order valence-electron chi connectivity index (χ1n) is 19.3. The summed E-state index contributed by atoms with van der Waals surface area (Å²) in [6, 6.07) is 79.5. The highest BCUT2D eigenvalue weighted by Gasteiger charge is 2.24. The third-order valence-electron chi connectivity index (χ3n) is 11.3. The van der Waals surface area contributed by atoms with Crippen LogP contribution in [0.1, 0.15) is 0 Å². The summed E-state index contributed by atoms with van der Waals surface area (Å²) in [5.41, 5.74) is 9.21. The van der Waals surface area contributed by atoms with E-state index in [9.17, 15) is 0 Å². The molecule has 0 radical (unpaired) electrons. The van der Waals surface area contributed by atoms with E-state index in [1.165, 1.54) is 65.0 Å². The first-order valence-corrected chi connectivity index (χ1v) is 19.3. The lowest BCUT2D eigenvalue weighted by molar-refractivity contribution is 1.30. The Morgan fingerprint density at radius 2 is 0.661 bits per heavy atom. The second-order valence-electron chi connectivity index (χ2n) is 14.5. The van der Waals surface area contributed by atoms with Gasteiger partial charge in [-0.05, 0) is 116 Å². The largest absolute Gasteiger partial charge is 0.310 e. The normalized spacial score (nSPS) is 11.6. The molecule has 0 saturated heterocycles. The molecule has 2 nitrogen and oxygen atoms in total. The summed E-state index contributed by atoms with van der Waals surface area (Å²) in [5, 5.41) is 12.4. The lowest BCUT2D eigenvalue weighted by Crippen LogP contribution is -2.11. The summed E-state index contributed by atoms with van der Waals surface area (Å²) >= 11 is 0. The molecule has 11 aromatic carbocycles. The van der Waals surface area contributed by atoms with Crippen molar-refractivity contribution in [2.75, 3.05) is 9.80 Å². The van der Waals surface area contributed by atoms with Crippen LogP contribution in [0, 0.1) is 0 Å². The molecule has 0 amide bonds. The van der Waals surface area contributed by atoms with Gasteiger partial charge in [0.2, 0.25) is 0 Å². The summed E-state index contributed by atoms with van der Waals surface area (Å²) in [4.78, 5) is 4.82. The minimum Gasteiger partial charge on any atom is -0.310 e. The van der Waals surface area contributed by atoms with Crippen molar-refractivity contribution in [3.05, 3.63) is 218 Å². The molecule has 0 fully saturated rings. The number of hydrogen-bond donors (Lipinski definition) is 0. The van der Waals surface area contributed by atoms with Crippen molar-refractivity contribution in [1.29, 1.82) is 0 Å². The van der Waals surface area contributed by atoms with E-state index in [2.05, 4.69) is 228 Å². The number of fused-ring (bicyclic) bond motifs is 3. The minimum atomic E-state index is 1.11. The highest BCUT2D eigenvalue weighted by molar-refractivity contribution is 6.31. The maximum absolute atomic E-state index is 2.44. The fourth-order valence-corrected chi connectivity index (χ4v) is 8.91. The van der Waals surface area contributed by atoms with Crippen LogP contribution in [0.15, 0.2) is 218 Å². The Labute approximate surface area is 326 Å². The molecule has 56 heavy (non-hydrogen) atoms. The van der Waals surface area contributed by atoms with E-state index in [0.717, 1.165) is 34.1 Å². The molecule has 0 atom stereocenters. The molecule has 0 N–H and O–H groups in total. The molecule has 11 aromatic rings. The average molecular weight is 713 g/mol. The number of para-hydroxylation sites is 4. The number of hydrogen-bond acceptors (Lipinski definition) is 2. The van der Waals surface area contributed by atoms with E-state index in [0.29, 0.717) is 0 Å². The fraction of sp³-hybridized carbons (Fsp3) is 0. The van der Waals surface area contributed by atoms with Gasteiger partial charge in [-0.3, -0.25) is 0 Å². The van der Waals surface area contributed by atoms with Crippen LogP contribution >= 0.6 is 0 Å². The summed E-state index contributed by atoms with van der Waals surface area (Å²) in [5.74, 6) is 0. The average Bonchev–Trinajstić information content (AvgIpc) is 3.27. The summed E-state index contributed by atoms with van der Waals surface area (Å²) < 4.78 is 0. The van der Waals surface area contributed by atoms with Crippen LogP contribution in [0.25, 0.3) is 65.0 Å². The van der Waals surface area contributed by atoms with Crippen LogP contribution in [-0.4, -0.2) is 0 Å². The molecule has 0 saturated carbocycles. The maximum atomic E-state index is 2.44. The van der Waals surface area contributed by atoms with Gasteiger partial charge in [-0.2, -0.15) is 0 Å². The van der Waals surface area contributed by atoms with E-state index in [4.69, 9.17) is 0 Å². The van der Waals surface area contributed by atoms with Crippen molar-refractivity contribution in [3.63, 3.8) is 0 Å². The van der Waals surface area contributed by atoms with Crippen LogP contribution in [0.2, 0.25) is 0 Å². The molecular formula is C54H36N2. The van der Waals surface area contributed by atoms with E-state index in [1.54, 1.807) is 0 Å². The molecule has 0 unspecified atom stereocenters. The van der Waals surface area contributed by atoms with Crippen LogP contribution in [-0.2, 0) is 0 Å². The van der Waals surface area contributed by atoms with Gasteiger partial charge >= 0.3 is 0 Å². The van der Waals surface area contributed by atoms with Gasteiger partial charge in [0.25, 0.3) is 0 Å². The number of anilines is 6. The third-order valence-corrected chi connectivity index (χ3v) is 11.3. The van der Waals surface area contributed by atoms with E-state index < -0.39 is 0 Å². The topological polar surface area (TPSA) is 6.48 Å². The van der Waals surface area contributed by atoms with Crippen LogP contribution in [0.5, 0.6) is 0 Å². The first kappa shape index (κ1) is 32.0. The minimum absolute atomic E-state index is 1.11. The third kappa shape index (κ3) is 5.11. The molecule has 0 aliphatic carbocycles. The molecule has 262 valence electrons. The number of benzene rings is 11. The molecular weight excluding hydrogens is 677 g/mol. The smallest absolute Gasteiger partial charge is 0.0546 e. The Morgan fingerprint density at radius 3 is 1.27 bits per heavy atom. The predicted octanol–water partition coefficient (Wildman–Crippen LogP) is 15.5. The van der Waals surface area contributed by atoms with Gasteiger partial charge in [0.1, 0.15) is 0 Å². The highest BCUT2D eigenvalue weighted by atomic mass is 15.1. The molecule has 0 aliphatic heterocycles. The standard InChI is InChI=1S/C54H36N2/c1-5-18-39(19-6-1)55(40-20-7-2-8-21-40)51-34-30-37-29-31-48-52(56(41-22-9-3-10-23-41)42-24-11-4-12-25-42)36-50(46-32-33-47(51)53(37)54(46)48)49-35-38-17-13-14-26-43(38)44-27-15-16-28-45(44)49/h1-36H. The van der Waals surface area contributed by atoms with Crippen LogP contribution in [0.4, 0.5) is 34.1 Å². The summed E-state index contributed by atoms with van der Waals surface area (Å²) in [6.45, 7) is 0. The second-order valence-corrected chi connectivity index (χ2v) is 14.5. The Bertz CT molecular complexity index is 3100. The van der Waals surface area contributed by atoms with Gasteiger partial charge in [-0.25, -0.2) is 0 Å². The molecule has 0 heterocycles. The molecule has 0 aliphatic rings. The quantitative estimate of drug-likeness (QED) is 0.152. The molecule has 0 aromatic heterocycles. The zero-order valence-corrected chi connectivity index (χ0v) is 30.7. The van der Waals surface area contributed by atoms with Crippen molar-refractivity contribution in [2.24, 2.45) is 0 Å². The van der Waals surface area contributed by atoms with E-state index in [1.807, 2.05) is 0 Å². The Balaban J connectivity index is 1.30. The van der Waals surface area contributed by atoms with E-state index >= 15 is 0 Å². The summed E-state index contributed by atoms with van der Waals surface area (Å²) in [6.07, 6.45) is 0. The van der Waals surface area contributed by atoms with Gasteiger partial charge < -0.3 is 9.80 Å². The lowest BCUT2D eigenvalue weighted by atomic mass is 9.85. The predicted molar refractivity (Wildman–Crippen MR) is 240 cm³/mol. The van der Waals surface area contributed by atoms with Crippen molar-refractivity contribution in [2.45, 2.75) is 0 Å². The Morgan fingerprint density at radius 1 is 0.232 bits per heavy atom. The Kier molecular flexibility index (Phi) is 7.53. The summed E-state index contributed by atoms with van der Waals surface area (Å²) in [7, 11) is 0. The van der Waals surface area contributed by atoms with Gasteiger partial charge in [-0.1, -0.05) is 152 Å². The van der Waals surface area contributed by atoms with Crippen molar-refractivity contribution < 1.29 is 0 Å². The van der Waals surface area contributed by atoms with Crippen LogP contribution < -0.4 is 9.80 Å². The molecule has 0 bridgehead atoms. The SMILES string of the molecule is c1ccc(N(c2ccccc2)c2ccc3ccc4c(N(c5ccccc5)c5ccccc5)cc(-c5cc6ccccc6c6ccccc56)c5ccc2c3c54)cc1. The zero-order chi connectivity index (χ0) is 37.0. The molecule has 2 heteroatoms. The second kappa shape index (κ2) is 13.2. The fourth-order valence-electron chi connectivity index (χ4n) is 8.91. The number of rotatable bonds is 7. The Hall–Kier alpha value is -7.42. The van der Waals surface area contributed by atoms with Gasteiger partial charge in [0, 0.05) is 38.9 Å². The monoisotopic (exact) mass is 712 g/mol. The van der Waals surface area contributed by atoms with Crippen molar-refractivity contribution >= 4 is 88.0 Å². The zero-order valence-electron chi connectivity index (χ0n) is 30.7. The molecule has 0 spiro atoms. The van der Waals surface area contributed by atoms with Gasteiger partial charge in [0.05, 0.1) is 11.4 Å². The van der Waals surface area contributed by atoms with Gasteiger partial charge in [0.15, 0.2) is 0 Å². The number of nitrogens with zero attached hydrogens (tertiary/aromatic N) is 2. The van der Waals surface area contributed by atoms with Gasteiger partial charge in [-0.15, -0.1) is 0 Å². The van der Waals surface area contributed by atoms with E-state index in [-0.39, 0.29) is 0 Å². The van der Waals surface area contributed by atoms with Crippen molar-refractivity contribution in [1.82, 2.24) is 0 Å². The maximum Gasteiger partial charge on any atom is 0.0546 e. The molecule has 11 rings (SSSR count). The lowest BCUT2D eigenvalue weighted by Gasteiger charge is -2.30. The highest BCUT2D eigenvalue weighted by Crippen LogP contribution is 2.51. The van der Waals surface area contributed by atoms with Crippen LogP contribution in [0.3, 0.4) is 0 Å². The first-order chi connectivity index (χ1) is 27.8. The van der Waals surface area contributed by atoms with Crippen molar-refractivity contribution in [3.8, 4) is 11.1 Å².